The van der Waals surface area contributed by atoms with E-state index in [0.29, 0.717) is 5.92 Å². The van der Waals surface area contributed by atoms with Crippen LogP contribution < -0.4 is 5.73 Å². The monoisotopic (exact) mass is 236 g/mol. The lowest BCUT2D eigenvalue weighted by Gasteiger charge is -2.32. The number of nitrogens with zero attached hydrogens (tertiary/aromatic N) is 3. The van der Waals surface area contributed by atoms with Crippen molar-refractivity contribution in [3.8, 4) is 0 Å². The normalized spacial score (nSPS) is 22.5. The summed E-state index contributed by atoms with van der Waals surface area (Å²) in [5.74, 6) is 0.596. The molecule has 1 aliphatic heterocycles. The molecule has 2 atom stereocenters. The van der Waals surface area contributed by atoms with Gasteiger partial charge in [0.15, 0.2) is 0 Å². The van der Waals surface area contributed by atoms with Gasteiger partial charge in [0.25, 0.3) is 0 Å². The molecule has 0 saturated carbocycles. The summed E-state index contributed by atoms with van der Waals surface area (Å²) < 4.78 is 1.67. The van der Waals surface area contributed by atoms with Gasteiger partial charge in [-0.3, -0.25) is 9.48 Å². The van der Waals surface area contributed by atoms with E-state index in [0.717, 1.165) is 25.1 Å². The predicted octanol–water partition coefficient (Wildman–Crippen LogP) is 0.678. The highest BCUT2D eigenvalue weighted by atomic mass is 16.2. The Morgan fingerprint density at radius 1 is 1.65 bits per heavy atom. The number of amides is 1. The Bertz CT molecular complexity index is 401. The van der Waals surface area contributed by atoms with Crippen molar-refractivity contribution in [1.29, 1.82) is 0 Å². The minimum Gasteiger partial charge on any atom is -0.341 e. The number of nitrogens with two attached hydrogens (primary N) is 1. The molecule has 0 radical (unpaired) electrons. The maximum Gasteiger partial charge on any atom is 0.244 e. The summed E-state index contributed by atoms with van der Waals surface area (Å²) in [6.45, 7) is 3.83. The Labute approximate surface area is 102 Å². The lowest BCUT2D eigenvalue weighted by molar-refractivity contribution is -0.134. The van der Waals surface area contributed by atoms with Crippen LogP contribution in [0, 0.1) is 5.92 Å². The summed E-state index contributed by atoms with van der Waals surface area (Å²) in [7, 11) is 1.82. The van der Waals surface area contributed by atoms with Crippen molar-refractivity contribution in [1.82, 2.24) is 14.7 Å². The van der Waals surface area contributed by atoms with E-state index < -0.39 is 6.04 Å². The van der Waals surface area contributed by atoms with E-state index in [1.807, 2.05) is 11.9 Å². The molecule has 0 unspecified atom stereocenters. The van der Waals surface area contributed by atoms with Gasteiger partial charge in [-0.2, -0.15) is 5.10 Å². The fourth-order valence-corrected chi connectivity index (χ4v) is 2.33. The first-order valence-corrected chi connectivity index (χ1v) is 6.11. The van der Waals surface area contributed by atoms with Crippen LogP contribution >= 0.6 is 0 Å². The van der Waals surface area contributed by atoms with Gasteiger partial charge in [-0.25, -0.2) is 0 Å². The summed E-state index contributed by atoms with van der Waals surface area (Å²) in [6.07, 6.45) is 5.74. The third-order valence-corrected chi connectivity index (χ3v) is 3.32. The quantitative estimate of drug-likeness (QED) is 0.821. The molecule has 1 amide bonds. The van der Waals surface area contributed by atoms with Crippen molar-refractivity contribution in [2.24, 2.45) is 18.7 Å². The highest BCUT2D eigenvalue weighted by Crippen LogP contribution is 2.19. The average molecular weight is 236 g/mol. The number of carbonyl (C=O) groups excluding carboxylic acids is 1. The maximum absolute atomic E-state index is 12.2. The van der Waals surface area contributed by atoms with E-state index in [9.17, 15) is 4.79 Å². The first-order valence-electron chi connectivity index (χ1n) is 6.11. The Morgan fingerprint density at radius 2 is 2.41 bits per heavy atom. The molecule has 1 aromatic rings. The van der Waals surface area contributed by atoms with Gasteiger partial charge in [0, 0.05) is 31.9 Å². The van der Waals surface area contributed by atoms with Crippen molar-refractivity contribution in [2.75, 3.05) is 13.1 Å². The van der Waals surface area contributed by atoms with Crippen LogP contribution in [0.5, 0.6) is 0 Å². The number of hydrogen-bond donors (Lipinski definition) is 1. The molecule has 0 spiro atoms. The summed E-state index contributed by atoms with van der Waals surface area (Å²) >= 11 is 0. The molecule has 17 heavy (non-hydrogen) atoms. The molecule has 2 N–H and O–H groups in total. The summed E-state index contributed by atoms with van der Waals surface area (Å²) in [6, 6.07) is -0.575. The first-order chi connectivity index (χ1) is 8.08. The second-order valence-corrected chi connectivity index (χ2v) is 4.96. The molecule has 2 rings (SSSR count). The number of rotatable bonds is 2. The molecule has 1 fully saturated rings. The number of hydrogen-bond acceptors (Lipinski definition) is 3. The van der Waals surface area contributed by atoms with Crippen molar-refractivity contribution < 1.29 is 4.79 Å². The molecular weight excluding hydrogens is 216 g/mol. The fourth-order valence-electron chi connectivity index (χ4n) is 2.33. The molecule has 94 valence electrons. The van der Waals surface area contributed by atoms with Crippen LogP contribution in [0.3, 0.4) is 0 Å². The minimum atomic E-state index is -0.575. The molecule has 5 nitrogen and oxygen atoms in total. The van der Waals surface area contributed by atoms with Crippen LogP contribution in [0.1, 0.15) is 31.4 Å². The van der Waals surface area contributed by atoms with Crippen molar-refractivity contribution in [3.63, 3.8) is 0 Å². The second kappa shape index (κ2) is 4.87. The van der Waals surface area contributed by atoms with E-state index in [1.165, 1.54) is 6.42 Å². The van der Waals surface area contributed by atoms with E-state index >= 15 is 0 Å². The smallest absolute Gasteiger partial charge is 0.244 e. The minimum absolute atomic E-state index is 0.0181. The average Bonchev–Trinajstić information content (AvgIpc) is 2.74. The zero-order chi connectivity index (χ0) is 12.4. The van der Waals surface area contributed by atoms with Gasteiger partial charge in [0.2, 0.25) is 5.91 Å². The zero-order valence-corrected chi connectivity index (χ0v) is 10.5. The van der Waals surface area contributed by atoms with Crippen LogP contribution in [-0.4, -0.2) is 33.7 Å². The molecule has 5 heteroatoms. The van der Waals surface area contributed by atoms with Crippen LogP contribution in [0.4, 0.5) is 0 Å². The Balaban J connectivity index is 2.04. The third kappa shape index (κ3) is 2.66. The van der Waals surface area contributed by atoms with Crippen molar-refractivity contribution >= 4 is 5.91 Å². The van der Waals surface area contributed by atoms with Crippen LogP contribution in [0.2, 0.25) is 0 Å². The van der Waals surface area contributed by atoms with Gasteiger partial charge in [-0.1, -0.05) is 6.92 Å². The SMILES string of the molecule is C[C@H]1CCCN(C(=O)[C@H](N)c2cnn(C)c2)C1. The number of aromatic nitrogens is 2. The molecule has 0 aliphatic carbocycles. The van der Waals surface area contributed by atoms with E-state index in [1.54, 1.807) is 17.1 Å². The van der Waals surface area contributed by atoms with Gasteiger partial charge in [-0.05, 0) is 18.8 Å². The fraction of sp³-hybridized carbons (Fsp3) is 0.667. The largest absolute Gasteiger partial charge is 0.341 e. The molecule has 1 aromatic heterocycles. The van der Waals surface area contributed by atoms with Gasteiger partial charge < -0.3 is 10.6 Å². The maximum atomic E-state index is 12.2. The van der Waals surface area contributed by atoms with Gasteiger partial charge in [-0.15, -0.1) is 0 Å². The van der Waals surface area contributed by atoms with E-state index in [2.05, 4.69) is 12.0 Å². The predicted molar refractivity (Wildman–Crippen MR) is 65.1 cm³/mol. The second-order valence-electron chi connectivity index (χ2n) is 4.96. The van der Waals surface area contributed by atoms with Crippen LogP contribution in [0.25, 0.3) is 0 Å². The molecule has 0 aromatic carbocycles. The summed E-state index contributed by atoms with van der Waals surface area (Å²) in [4.78, 5) is 14.1. The van der Waals surface area contributed by atoms with Crippen molar-refractivity contribution in [3.05, 3.63) is 18.0 Å². The molecule has 1 saturated heterocycles. The van der Waals surface area contributed by atoms with Gasteiger partial charge in [0.1, 0.15) is 6.04 Å². The molecular formula is C12H20N4O. The van der Waals surface area contributed by atoms with Crippen molar-refractivity contribution in [2.45, 2.75) is 25.8 Å². The topological polar surface area (TPSA) is 64.2 Å². The van der Waals surface area contributed by atoms with E-state index in [4.69, 9.17) is 5.73 Å². The van der Waals surface area contributed by atoms with Gasteiger partial charge >= 0.3 is 0 Å². The van der Waals surface area contributed by atoms with E-state index in [-0.39, 0.29) is 5.91 Å². The Morgan fingerprint density at radius 3 is 3.00 bits per heavy atom. The summed E-state index contributed by atoms with van der Waals surface area (Å²) in [5.41, 5.74) is 6.77. The molecule has 2 heterocycles. The molecule has 1 aliphatic rings. The number of aryl methyl sites for hydroxylation is 1. The highest BCUT2D eigenvalue weighted by molar-refractivity contribution is 5.83. The first kappa shape index (κ1) is 12.1. The molecule has 0 bridgehead atoms. The van der Waals surface area contributed by atoms with Crippen LogP contribution in [-0.2, 0) is 11.8 Å². The Hall–Kier alpha value is -1.36. The standard InChI is InChI=1S/C12H20N4O/c1-9-4-3-5-16(7-9)12(17)11(13)10-6-14-15(2)8-10/h6,8-9,11H,3-5,7,13H2,1-2H3/t9-,11+/m0/s1. The third-order valence-electron chi connectivity index (χ3n) is 3.32. The lowest BCUT2D eigenvalue weighted by Crippen LogP contribution is -2.43. The number of carbonyl (C=O) groups is 1. The zero-order valence-electron chi connectivity index (χ0n) is 10.5. The van der Waals surface area contributed by atoms with Crippen LogP contribution in [0.15, 0.2) is 12.4 Å². The highest BCUT2D eigenvalue weighted by Gasteiger charge is 2.26. The summed E-state index contributed by atoms with van der Waals surface area (Å²) in [5, 5.41) is 4.05. The van der Waals surface area contributed by atoms with Gasteiger partial charge in [0.05, 0.1) is 6.20 Å². The lowest BCUT2D eigenvalue weighted by atomic mass is 9.99. The Kier molecular flexibility index (Phi) is 3.47. The number of piperidine rings is 1. The number of likely N-dealkylation sites (tertiary alicyclic amines) is 1.